The zero-order valence-corrected chi connectivity index (χ0v) is 7.39. The van der Waals surface area contributed by atoms with Crippen LogP contribution in [0.25, 0.3) is 0 Å². The van der Waals surface area contributed by atoms with Crippen LogP contribution in [0, 0.1) is 5.82 Å². The highest BCUT2D eigenvalue weighted by Crippen LogP contribution is 2.32. The molecular formula is C7H8ClFS. The largest absolute Gasteiger partial charge is 0.204 e. The van der Waals surface area contributed by atoms with E-state index in [1.165, 1.54) is 16.7 Å². The molecular weight excluding hydrogens is 171 g/mol. The molecule has 0 atom stereocenters. The summed E-state index contributed by atoms with van der Waals surface area (Å²) in [6.07, 6.45) is 0. The SMILES string of the molecule is CC(C)c1scc(F)c1Cl. The van der Waals surface area contributed by atoms with Crippen LogP contribution in [0.4, 0.5) is 4.39 Å². The Morgan fingerprint density at radius 3 is 2.40 bits per heavy atom. The molecule has 0 N–H and O–H groups in total. The molecule has 3 heteroatoms. The van der Waals surface area contributed by atoms with Gasteiger partial charge in [-0.15, -0.1) is 11.3 Å². The number of rotatable bonds is 1. The predicted octanol–water partition coefficient (Wildman–Crippen LogP) is 3.66. The summed E-state index contributed by atoms with van der Waals surface area (Å²) in [5.74, 6) is 0.0253. The molecule has 0 radical (unpaired) electrons. The molecule has 0 nitrogen and oxygen atoms in total. The first kappa shape index (κ1) is 8.02. The summed E-state index contributed by atoms with van der Waals surface area (Å²) < 4.78 is 12.6. The van der Waals surface area contributed by atoms with Gasteiger partial charge in [-0.25, -0.2) is 4.39 Å². The molecule has 56 valence electrons. The zero-order chi connectivity index (χ0) is 7.72. The summed E-state index contributed by atoms with van der Waals surface area (Å²) in [6.45, 7) is 3.99. The van der Waals surface area contributed by atoms with Gasteiger partial charge in [0.15, 0.2) is 5.82 Å². The Labute approximate surface area is 68.6 Å². The molecule has 0 aliphatic rings. The van der Waals surface area contributed by atoms with Gasteiger partial charge in [0.2, 0.25) is 0 Å². The zero-order valence-electron chi connectivity index (χ0n) is 5.82. The molecule has 0 aliphatic carbocycles. The second-order valence-corrected chi connectivity index (χ2v) is 3.71. The monoisotopic (exact) mass is 178 g/mol. The first-order valence-corrected chi connectivity index (χ1v) is 4.31. The predicted molar refractivity (Wildman–Crippen MR) is 43.4 cm³/mol. The fourth-order valence-electron chi connectivity index (χ4n) is 0.726. The summed E-state index contributed by atoms with van der Waals surface area (Å²) in [5.41, 5.74) is 0. The van der Waals surface area contributed by atoms with Crippen LogP contribution in [0.3, 0.4) is 0 Å². The van der Waals surface area contributed by atoms with E-state index in [9.17, 15) is 4.39 Å². The summed E-state index contributed by atoms with van der Waals surface area (Å²) >= 11 is 7.02. The Morgan fingerprint density at radius 1 is 1.60 bits per heavy atom. The van der Waals surface area contributed by atoms with Gasteiger partial charge in [-0.3, -0.25) is 0 Å². The van der Waals surface area contributed by atoms with Crippen molar-refractivity contribution in [2.24, 2.45) is 0 Å². The lowest BCUT2D eigenvalue weighted by Crippen LogP contribution is -1.81. The van der Waals surface area contributed by atoms with E-state index in [1.54, 1.807) is 0 Å². The van der Waals surface area contributed by atoms with E-state index < -0.39 is 0 Å². The van der Waals surface area contributed by atoms with Crippen molar-refractivity contribution in [2.45, 2.75) is 19.8 Å². The fraction of sp³-hybridized carbons (Fsp3) is 0.429. The van der Waals surface area contributed by atoms with Crippen molar-refractivity contribution >= 4 is 22.9 Å². The fourth-order valence-corrected chi connectivity index (χ4v) is 2.02. The van der Waals surface area contributed by atoms with Crippen LogP contribution in [-0.4, -0.2) is 0 Å². The van der Waals surface area contributed by atoms with Crippen molar-refractivity contribution in [3.05, 3.63) is 21.1 Å². The first-order chi connectivity index (χ1) is 4.63. The third-order valence-electron chi connectivity index (χ3n) is 1.24. The van der Waals surface area contributed by atoms with Crippen molar-refractivity contribution in [3.63, 3.8) is 0 Å². The highest BCUT2D eigenvalue weighted by atomic mass is 35.5. The molecule has 0 saturated carbocycles. The number of halogens is 2. The molecule has 0 aromatic carbocycles. The summed E-state index contributed by atoms with van der Waals surface area (Å²) in [4.78, 5) is 0.930. The van der Waals surface area contributed by atoms with Crippen LogP contribution in [0.1, 0.15) is 24.6 Å². The Balaban J connectivity index is 3.05. The number of hydrogen-bond donors (Lipinski definition) is 0. The summed E-state index contributed by atoms with van der Waals surface area (Å²) in [7, 11) is 0. The molecule has 1 aromatic rings. The van der Waals surface area contributed by atoms with E-state index in [2.05, 4.69) is 0 Å². The molecule has 0 aliphatic heterocycles. The Kier molecular flexibility index (Phi) is 2.32. The second kappa shape index (κ2) is 2.89. The van der Waals surface area contributed by atoms with Gasteiger partial charge < -0.3 is 0 Å². The highest BCUT2D eigenvalue weighted by Gasteiger charge is 2.11. The van der Waals surface area contributed by atoms with Crippen LogP contribution in [0.2, 0.25) is 5.02 Å². The van der Waals surface area contributed by atoms with Gasteiger partial charge in [-0.1, -0.05) is 25.4 Å². The van der Waals surface area contributed by atoms with Gasteiger partial charge in [-0.2, -0.15) is 0 Å². The lowest BCUT2D eigenvalue weighted by Gasteiger charge is -1.99. The molecule has 1 rings (SSSR count). The number of hydrogen-bond acceptors (Lipinski definition) is 1. The molecule has 0 amide bonds. The molecule has 1 heterocycles. The smallest absolute Gasteiger partial charge is 0.152 e. The minimum absolute atomic E-state index is 0.292. The van der Waals surface area contributed by atoms with E-state index in [0.29, 0.717) is 10.9 Å². The Morgan fingerprint density at radius 2 is 2.20 bits per heavy atom. The second-order valence-electron chi connectivity index (χ2n) is 2.42. The molecule has 0 saturated heterocycles. The van der Waals surface area contributed by atoms with E-state index in [-0.39, 0.29) is 5.82 Å². The van der Waals surface area contributed by atoms with Crippen LogP contribution in [0.15, 0.2) is 5.38 Å². The lowest BCUT2D eigenvalue weighted by atomic mass is 10.2. The van der Waals surface area contributed by atoms with Gasteiger partial charge in [0.1, 0.15) is 0 Å². The minimum atomic E-state index is -0.296. The van der Waals surface area contributed by atoms with Crippen LogP contribution < -0.4 is 0 Å². The Hall–Kier alpha value is -0.0800. The summed E-state index contributed by atoms with van der Waals surface area (Å²) in [6, 6.07) is 0. The van der Waals surface area contributed by atoms with E-state index >= 15 is 0 Å². The van der Waals surface area contributed by atoms with Crippen LogP contribution >= 0.6 is 22.9 Å². The minimum Gasteiger partial charge on any atom is -0.204 e. The maximum Gasteiger partial charge on any atom is 0.152 e. The van der Waals surface area contributed by atoms with Gasteiger partial charge in [0.25, 0.3) is 0 Å². The summed E-state index contributed by atoms with van der Waals surface area (Å²) in [5, 5.41) is 1.73. The molecule has 1 aromatic heterocycles. The van der Waals surface area contributed by atoms with Gasteiger partial charge in [0, 0.05) is 10.3 Å². The molecule has 0 fully saturated rings. The van der Waals surface area contributed by atoms with Crippen LogP contribution in [0.5, 0.6) is 0 Å². The average Bonchev–Trinajstić information content (AvgIpc) is 2.14. The molecule has 0 unspecified atom stereocenters. The van der Waals surface area contributed by atoms with Crippen molar-refractivity contribution in [2.75, 3.05) is 0 Å². The average molecular weight is 179 g/mol. The van der Waals surface area contributed by atoms with Gasteiger partial charge in [0.05, 0.1) is 5.02 Å². The van der Waals surface area contributed by atoms with E-state index in [0.717, 1.165) is 4.88 Å². The standard InChI is InChI=1S/C7H8ClFS/c1-4(2)7-6(8)5(9)3-10-7/h3-4H,1-2H3. The molecule has 0 spiro atoms. The van der Waals surface area contributed by atoms with Crippen molar-refractivity contribution in [1.29, 1.82) is 0 Å². The van der Waals surface area contributed by atoms with Gasteiger partial charge >= 0.3 is 0 Å². The normalized spacial score (nSPS) is 10.9. The third-order valence-corrected chi connectivity index (χ3v) is 2.99. The lowest BCUT2D eigenvalue weighted by molar-refractivity contribution is 0.631. The quantitative estimate of drug-likeness (QED) is 0.616. The number of thiophene rings is 1. The van der Waals surface area contributed by atoms with Crippen LogP contribution in [-0.2, 0) is 0 Å². The molecule has 10 heavy (non-hydrogen) atoms. The van der Waals surface area contributed by atoms with Gasteiger partial charge in [-0.05, 0) is 5.92 Å². The highest BCUT2D eigenvalue weighted by molar-refractivity contribution is 7.10. The maximum atomic E-state index is 12.6. The van der Waals surface area contributed by atoms with Crippen molar-refractivity contribution < 1.29 is 4.39 Å². The van der Waals surface area contributed by atoms with Crippen molar-refractivity contribution in [3.8, 4) is 0 Å². The third kappa shape index (κ3) is 1.32. The first-order valence-electron chi connectivity index (χ1n) is 3.05. The van der Waals surface area contributed by atoms with Crippen molar-refractivity contribution in [1.82, 2.24) is 0 Å². The van der Waals surface area contributed by atoms with E-state index in [4.69, 9.17) is 11.6 Å². The molecule has 0 bridgehead atoms. The maximum absolute atomic E-state index is 12.6. The van der Waals surface area contributed by atoms with E-state index in [1.807, 2.05) is 13.8 Å². The Bertz CT molecular complexity index is 230. The topological polar surface area (TPSA) is 0 Å².